The van der Waals surface area contributed by atoms with Crippen molar-refractivity contribution in [1.29, 1.82) is 0 Å². The Bertz CT molecular complexity index is 956. The standard InChI is InChI=1S/C24H33N3O5/c1-23(2,3)20(27(22(29)30)24(4,5)6)21(28)26-13-12-17-18(14-26)32-19(25-17)15-31-16-10-8-7-9-11-16/h7-11,20H,12-15H2,1-6H3,(H,29,30)/t20-/m1/s1. The van der Waals surface area contributed by atoms with Gasteiger partial charge in [-0.05, 0) is 38.3 Å². The Kier molecular flexibility index (Phi) is 6.53. The summed E-state index contributed by atoms with van der Waals surface area (Å²) in [5.74, 6) is 1.59. The predicted molar refractivity (Wildman–Crippen MR) is 119 cm³/mol. The van der Waals surface area contributed by atoms with Crippen LogP contribution in [0.1, 0.15) is 58.9 Å². The second-order valence-electron chi connectivity index (χ2n) is 10.2. The van der Waals surface area contributed by atoms with Gasteiger partial charge in [0.25, 0.3) is 0 Å². The van der Waals surface area contributed by atoms with Crippen LogP contribution in [0.5, 0.6) is 5.75 Å². The van der Waals surface area contributed by atoms with Gasteiger partial charge in [-0.25, -0.2) is 9.78 Å². The summed E-state index contributed by atoms with van der Waals surface area (Å²) >= 11 is 0. The van der Waals surface area contributed by atoms with E-state index in [1.54, 1.807) is 25.7 Å². The molecule has 0 radical (unpaired) electrons. The highest BCUT2D eigenvalue weighted by atomic mass is 16.5. The van der Waals surface area contributed by atoms with Crippen molar-refractivity contribution in [2.24, 2.45) is 5.41 Å². The number of para-hydroxylation sites is 1. The van der Waals surface area contributed by atoms with E-state index in [9.17, 15) is 14.7 Å². The molecule has 0 spiro atoms. The van der Waals surface area contributed by atoms with Crippen LogP contribution in [-0.4, -0.2) is 50.0 Å². The van der Waals surface area contributed by atoms with E-state index in [-0.39, 0.29) is 19.1 Å². The summed E-state index contributed by atoms with van der Waals surface area (Å²) in [5.41, 5.74) is -0.493. The van der Waals surface area contributed by atoms with Crippen LogP contribution in [-0.2, 0) is 24.4 Å². The number of amides is 2. The number of hydrogen-bond acceptors (Lipinski definition) is 5. The van der Waals surface area contributed by atoms with Crippen molar-refractivity contribution >= 4 is 12.0 Å². The molecule has 2 heterocycles. The number of fused-ring (bicyclic) bond motifs is 1. The lowest BCUT2D eigenvalue weighted by Gasteiger charge is -2.46. The summed E-state index contributed by atoms with van der Waals surface area (Å²) in [7, 11) is 0. The van der Waals surface area contributed by atoms with Crippen molar-refractivity contribution in [2.75, 3.05) is 6.54 Å². The molecule has 0 fully saturated rings. The molecule has 0 aliphatic carbocycles. The third kappa shape index (κ3) is 5.23. The summed E-state index contributed by atoms with van der Waals surface area (Å²) in [6.45, 7) is 12.0. The maximum absolute atomic E-state index is 13.6. The highest BCUT2D eigenvalue weighted by Crippen LogP contribution is 2.33. The third-order valence-electron chi connectivity index (χ3n) is 5.43. The Morgan fingerprint density at radius 2 is 1.84 bits per heavy atom. The quantitative estimate of drug-likeness (QED) is 0.739. The molecule has 174 valence electrons. The van der Waals surface area contributed by atoms with Crippen molar-refractivity contribution in [3.63, 3.8) is 0 Å². The molecular weight excluding hydrogens is 410 g/mol. The van der Waals surface area contributed by atoms with E-state index in [4.69, 9.17) is 9.15 Å². The van der Waals surface area contributed by atoms with E-state index in [0.717, 1.165) is 11.4 Å². The molecular formula is C24H33N3O5. The Morgan fingerprint density at radius 3 is 2.41 bits per heavy atom. The average Bonchev–Trinajstić information content (AvgIpc) is 3.10. The molecule has 0 saturated heterocycles. The lowest BCUT2D eigenvalue weighted by Crippen LogP contribution is -2.62. The number of rotatable bonds is 5. The first kappa shape index (κ1) is 23.6. The SMILES string of the molecule is CC(C)(C)[C@@H](C(=O)N1CCc2nc(COc3ccccc3)oc2C1)N(C(=O)O)C(C)(C)C. The van der Waals surface area contributed by atoms with Crippen LogP contribution in [0.2, 0.25) is 0 Å². The summed E-state index contributed by atoms with van der Waals surface area (Å²) in [6.07, 6.45) is -0.557. The number of ether oxygens (including phenoxy) is 1. The van der Waals surface area contributed by atoms with Crippen LogP contribution < -0.4 is 4.74 Å². The molecule has 8 nitrogen and oxygen atoms in total. The molecule has 0 bridgehead atoms. The largest absolute Gasteiger partial charge is 0.484 e. The minimum Gasteiger partial charge on any atom is -0.484 e. The number of carbonyl (C=O) groups excluding carboxylic acids is 1. The monoisotopic (exact) mass is 443 g/mol. The zero-order valence-electron chi connectivity index (χ0n) is 19.7. The first-order chi connectivity index (χ1) is 14.9. The van der Waals surface area contributed by atoms with Crippen molar-refractivity contribution in [3.8, 4) is 5.75 Å². The van der Waals surface area contributed by atoms with Gasteiger partial charge in [-0.1, -0.05) is 39.0 Å². The minimum atomic E-state index is -1.11. The summed E-state index contributed by atoms with van der Waals surface area (Å²) < 4.78 is 11.6. The Labute approximate surface area is 189 Å². The van der Waals surface area contributed by atoms with Crippen LogP contribution in [0.15, 0.2) is 34.7 Å². The fourth-order valence-corrected chi connectivity index (χ4v) is 3.99. The normalized spacial score (nSPS) is 15.1. The maximum Gasteiger partial charge on any atom is 0.408 e. The molecule has 32 heavy (non-hydrogen) atoms. The minimum absolute atomic E-state index is 0.201. The van der Waals surface area contributed by atoms with Gasteiger partial charge in [0.05, 0.1) is 12.2 Å². The van der Waals surface area contributed by atoms with Gasteiger partial charge in [-0.3, -0.25) is 9.69 Å². The summed E-state index contributed by atoms with van der Waals surface area (Å²) in [6, 6.07) is 8.59. The van der Waals surface area contributed by atoms with Gasteiger partial charge in [0, 0.05) is 18.5 Å². The molecule has 0 unspecified atom stereocenters. The molecule has 1 aliphatic rings. The van der Waals surface area contributed by atoms with Crippen LogP contribution in [0, 0.1) is 5.41 Å². The van der Waals surface area contributed by atoms with Crippen LogP contribution >= 0.6 is 0 Å². The Hall–Kier alpha value is -3.03. The van der Waals surface area contributed by atoms with Gasteiger partial charge in [0.15, 0.2) is 6.61 Å². The van der Waals surface area contributed by atoms with Crippen molar-refractivity contribution in [1.82, 2.24) is 14.8 Å². The number of aromatic nitrogens is 1. The number of benzene rings is 1. The smallest absolute Gasteiger partial charge is 0.408 e. The van der Waals surface area contributed by atoms with Gasteiger partial charge in [-0.2, -0.15) is 0 Å². The highest BCUT2D eigenvalue weighted by Gasteiger charge is 2.46. The second kappa shape index (κ2) is 8.84. The average molecular weight is 444 g/mol. The fourth-order valence-electron chi connectivity index (χ4n) is 3.99. The lowest BCUT2D eigenvalue weighted by atomic mass is 9.82. The molecule has 0 saturated carbocycles. The van der Waals surface area contributed by atoms with E-state index >= 15 is 0 Å². The van der Waals surface area contributed by atoms with Crippen LogP contribution in [0.3, 0.4) is 0 Å². The predicted octanol–water partition coefficient (Wildman–Crippen LogP) is 4.33. The Morgan fingerprint density at radius 1 is 1.19 bits per heavy atom. The number of carboxylic acid groups (broad SMARTS) is 1. The van der Waals surface area contributed by atoms with Crippen molar-refractivity contribution in [3.05, 3.63) is 47.7 Å². The Balaban J connectivity index is 1.77. The van der Waals surface area contributed by atoms with E-state index in [2.05, 4.69) is 4.98 Å². The number of oxazole rings is 1. The number of nitrogens with zero attached hydrogens (tertiary/aromatic N) is 3. The fraction of sp³-hybridized carbons (Fsp3) is 0.542. The van der Waals surface area contributed by atoms with Gasteiger partial charge in [0.2, 0.25) is 11.8 Å². The van der Waals surface area contributed by atoms with Crippen molar-refractivity contribution < 1.29 is 23.8 Å². The molecule has 3 rings (SSSR count). The molecule has 1 aromatic heterocycles. The van der Waals surface area contributed by atoms with E-state index in [1.807, 2.05) is 51.1 Å². The molecule has 8 heteroatoms. The lowest BCUT2D eigenvalue weighted by molar-refractivity contribution is -0.144. The summed E-state index contributed by atoms with van der Waals surface area (Å²) in [4.78, 5) is 33.2. The molecule has 1 N–H and O–H groups in total. The van der Waals surface area contributed by atoms with E-state index in [0.29, 0.717) is 24.6 Å². The molecule has 2 aromatic rings. The first-order valence-corrected chi connectivity index (χ1v) is 10.8. The first-order valence-electron chi connectivity index (χ1n) is 10.8. The molecule has 1 atom stereocenters. The number of carbonyl (C=O) groups is 2. The highest BCUT2D eigenvalue weighted by molar-refractivity contribution is 5.86. The van der Waals surface area contributed by atoms with E-state index in [1.165, 1.54) is 4.90 Å². The molecule has 1 aromatic carbocycles. The zero-order valence-corrected chi connectivity index (χ0v) is 19.7. The molecule has 2 amide bonds. The van der Waals surface area contributed by atoms with Crippen LogP contribution in [0.25, 0.3) is 0 Å². The topological polar surface area (TPSA) is 96.1 Å². The van der Waals surface area contributed by atoms with Gasteiger partial charge >= 0.3 is 6.09 Å². The molecule has 1 aliphatic heterocycles. The van der Waals surface area contributed by atoms with E-state index < -0.39 is 23.1 Å². The zero-order chi connectivity index (χ0) is 23.7. The summed E-state index contributed by atoms with van der Waals surface area (Å²) in [5, 5.41) is 9.92. The van der Waals surface area contributed by atoms with Crippen molar-refractivity contribution in [2.45, 2.75) is 72.7 Å². The number of hydrogen-bond donors (Lipinski definition) is 1. The van der Waals surface area contributed by atoms with Crippen LogP contribution in [0.4, 0.5) is 4.79 Å². The van der Waals surface area contributed by atoms with Gasteiger partial charge < -0.3 is 19.2 Å². The second-order valence-corrected chi connectivity index (χ2v) is 10.2. The van der Waals surface area contributed by atoms with Gasteiger partial charge in [-0.15, -0.1) is 0 Å². The maximum atomic E-state index is 13.6. The third-order valence-corrected chi connectivity index (χ3v) is 5.43. The van der Waals surface area contributed by atoms with Gasteiger partial charge in [0.1, 0.15) is 17.6 Å².